The van der Waals surface area contributed by atoms with Gasteiger partial charge in [-0.3, -0.25) is 0 Å². The van der Waals surface area contributed by atoms with Crippen LogP contribution in [-0.2, 0) is 10.0 Å². The zero-order valence-electron chi connectivity index (χ0n) is 11.2. The molecule has 0 atom stereocenters. The van der Waals surface area contributed by atoms with Crippen LogP contribution in [-0.4, -0.2) is 35.7 Å². The molecule has 1 aromatic carbocycles. The number of nitrogens with one attached hydrogen (secondary N) is 2. The van der Waals surface area contributed by atoms with E-state index in [0.717, 1.165) is 11.1 Å². The van der Waals surface area contributed by atoms with Crippen LogP contribution in [0.5, 0.6) is 5.75 Å². The number of likely N-dealkylation sites (N-methyl/N-ethyl adjacent to an activating group) is 1. The fourth-order valence-corrected chi connectivity index (χ4v) is 3.12. The molecule has 0 saturated heterocycles. The molecule has 6 heteroatoms. The first-order chi connectivity index (χ1) is 8.42. The summed E-state index contributed by atoms with van der Waals surface area (Å²) >= 11 is 0. The summed E-state index contributed by atoms with van der Waals surface area (Å²) in [5.41, 5.74) is 1.70. The lowest BCUT2D eigenvalue weighted by Gasteiger charge is -2.13. The van der Waals surface area contributed by atoms with Crippen LogP contribution >= 0.6 is 0 Å². The Morgan fingerprint density at radius 2 is 1.89 bits per heavy atom. The van der Waals surface area contributed by atoms with E-state index in [1.54, 1.807) is 13.1 Å². The summed E-state index contributed by atoms with van der Waals surface area (Å²) in [4.78, 5) is 0.193. The van der Waals surface area contributed by atoms with E-state index in [2.05, 4.69) is 10.0 Å². The molecule has 102 valence electrons. The Kier molecular flexibility index (Phi) is 5.13. The SMILES string of the molecule is CNCCNS(=O)(=O)c1cc(C)cc(C)c1OC. The van der Waals surface area contributed by atoms with Gasteiger partial charge < -0.3 is 10.1 Å². The van der Waals surface area contributed by atoms with E-state index in [9.17, 15) is 8.42 Å². The van der Waals surface area contributed by atoms with Gasteiger partial charge in [-0.1, -0.05) is 6.07 Å². The van der Waals surface area contributed by atoms with Crippen LogP contribution < -0.4 is 14.8 Å². The fourth-order valence-electron chi connectivity index (χ4n) is 1.76. The Labute approximate surface area is 109 Å². The molecule has 0 fully saturated rings. The second-order valence-electron chi connectivity index (χ2n) is 4.11. The van der Waals surface area contributed by atoms with Gasteiger partial charge in [0.05, 0.1) is 7.11 Å². The number of aryl methyl sites for hydroxylation is 2. The Morgan fingerprint density at radius 1 is 1.22 bits per heavy atom. The number of hydrogen-bond acceptors (Lipinski definition) is 4. The predicted octanol–water partition coefficient (Wildman–Crippen LogP) is 0.810. The lowest BCUT2D eigenvalue weighted by Crippen LogP contribution is -2.30. The molecule has 0 aliphatic rings. The van der Waals surface area contributed by atoms with Crippen molar-refractivity contribution in [3.63, 3.8) is 0 Å². The van der Waals surface area contributed by atoms with Crippen LogP contribution in [0.4, 0.5) is 0 Å². The van der Waals surface area contributed by atoms with E-state index >= 15 is 0 Å². The molecule has 18 heavy (non-hydrogen) atoms. The van der Waals surface area contributed by atoms with E-state index in [4.69, 9.17) is 4.74 Å². The Bertz CT molecular complexity index is 512. The maximum Gasteiger partial charge on any atom is 0.244 e. The summed E-state index contributed by atoms with van der Waals surface area (Å²) in [7, 11) is -0.289. The number of rotatable bonds is 6. The van der Waals surface area contributed by atoms with Gasteiger partial charge in [-0.2, -0.15) is 0 Å². The molecule has 0 unspecified atom stereocenters. The van der Waals surface area contributed by atoms with Gasteiger partial charge >= 0.3 is 0 Å². The molecule has 0 aliphatic heterocycles. The monoisotopic (exact) mass is 272 g/mol. The third-order valence-electron chi connectivity index (χ3n) is 2.55. The topological polar surface area (TPSA) is 67.4 Å². The van der Waals surface area contributed by atoms with Crippen molar-refractivity contribution < 1.29 is 13.2 Å². The summed E-state index contributed by atoms with van der Waals surface area (Å²) in [6, 6.07) is 3.51. The van der Waals surface area contributed by atoms with Gasteiger partial charge in [0.1, 0.15) is 10.6 Å². The molecule has 0 aliphatic carbocycles. The smallest absolute Gasteiger partial charge is 0.244 e. The zero-order valence-corrected chi connectivity index (χ0v) is 12.0. The minimum atomic E-state index is -3.54. The molecule has 0 bridgehead atoms. The summed E-state index contributed by atoms with van der Waals surface area (Å²) in [5.74, 6) is 0.401. The maximum atomic E-state index is 12.2. The molecule has 0 spiro atoms. The molecule has 1 rings (SSSR count). The average Bonchev–Trinajstić information content (AvgIpc) is 2.28. The van der Waals surface area contributed by atoms with Crippen molar-refractivity contribution in [3.8, 4) is 5.75 Å². The Balaban J connectivity index is 3.14. The fraction of sp³-hybridized carbons (Fsp3) is 0.500. The third-order valence-corrected chi connectivity index (χ3v) is 4.01. The Hall–Kier alpha value is -1.11. The molecule has 2 N–H and O–H groups in total. The molecule has 0 radical (unpaired) electrons. The highest BCUT2D eigenvalue weighted by Gasteiger charge is 2.20. The van der Waals surface area contributed by atoms with Gasteiger partial charge in [0.15, 0.2) is 0 Å². The number of methoxy groups -OCH3 is 1. The van der Waals surface area contributed by atoms with E-state index in [-0.39, 0.29) is 4.90 Å². The third kappa shape index (κ3) is 3.44. The van der Waals surface area contributed by atoms with Gasteiger partial charge in [0, 0.05) is 13.1 Å². The summed E-state index contributed by atoms with van der Waals surface area (Å²) in [6.45, 7) is 4.61. The molecule has 1 aromatic rings. The van der Waals surface area contributed by atoms with E-state index in [0.29, 0.717) is 18.8 Å². The minimum Gasteiger partial charge on any atom is -0.495 e. The summed E-state index contributed by atoms with van der Waals surface area (Å²) in [6.07, 6.45) is 0. The average molecular weight is 272 g/mol. The van der Waals surface area contributed by atoms with Crippen molar-refractivity contribution in [2.45, 2.75) is 18.7 Å². The van der Waals surface area contributed by atoms with Crippen molar-refractivity contribution >= 4 is 10.0 Å². The number of benzene rings is 1. The quantitative estimate of drug-likeness (QED) is 0.752. The van der Waals surface area contributed by atoms with Crippen molar-refractivity contribution in [3.05, 3.63) is 23.3 Å². The zero-order chi connectivity index (χ0) is 13.8. The highest BCUT2D eigenvalue weighted by molar-refractivity contribution is 7.89. The van der Waals surface area contributed by atoms with Crippen molar-refractivity contribution in [1.82, 2.24) is 10.0 Å². The van der Waals surface area contributed by atoms with E-state index in [1.165, 1.54) is 7.11 Å². The number of hydrogen-bond donors (Lipinski definition) is 2. The molecule has 0 saturated carbocycles. The molecule has 0 amide bonds. The molecule has 5 nitrogen and oxygen atoms in total. The summed E-state index contributed by atoms with van der Waals surface area (Å²) < 4.78 is 32.1. The van der Waals surface area contributed by atoms with Gasteiger partial charge in [-0.15, -0.1) is 0 Å². The Morgan fingerprint density at radius 3 is 2.44 bits per heavy atom. The van der Waals surface area contributed by atoms with Gasteiger partial charge in [-0.25, -0.2) is 13.1 Å². The van der Waals surface area contributed by atoms with Crippen molar-refractivity contribution in [2.75, 3.05) is 27.2 Å². The van der Waals surface area contributed by atoms with Crippen molar-refractivity contribution in [1.29, 1.82) is 0 Å². The van der Waals surface area contributed by atoms with E-state index in [1.807, 2.05) is 19.9 Å². The normalized spacial score (nSPS) is 11.6. The first-order valence-corrected chi connectivity index (χ1v) is 7.20. The predicted molar refractivity (Wildman–Crippen MR) is 71.6 cm³/mol. The van der Waals surface area contributed by atoms with Crippen LogP contribution in [0.15, 0.2) is 17.0 Å². The highest BCUT2D eigenvalue weighted by Crippen LogP contribution is 2.28. The second-order valence-corrected chi connectivity index (χ2v) is 5.85. The summed E-state index contributed by atoms with van der Waals surface area (Å²) in [5, 5.41) is 2.88. The van der Waals surface area contributed by atoms with Gasteiger partial charge in [0.25, 0.3) is 0 Å². The molecular formula is C12H20N2O3S. The second kappa shape index (κ2) is 6.17. The minimum absolute atomic E-state index is 0.193. The van der Waals surface area contributed by atoms with Crippen LogP contribution in [0.3, 0.4) is 0 Å². The lowest BCUT2D eigenvalue weighted by atomic mass is 10.1. The molecule has 0 heterocycles. The van der Waals surface area contributed by atoms with Gasteiger partial charge in [0.2, 0.25) is 10.0 Å². The van der Waals surface area contributed by atoms with E-state index < -0.39 is 10.0 Å². The lowest BCUT2D eigenvalue weighted by molar-refractivity contribution is 0.399. The van der Waals surface area contributed by atoms with Crippen LogP contribution in [0.2, 0.25) is 0 Å². The first kappa shape index (κ1) is 14.9. The number of ether oxygens (including phenoxy) is 1. The standard InChI is InChI=1S/C12H20N2O3S/c1-9-7-10(2)12(17-4)11(8-9)18(15,16)14-6-5-13-3/h7-8,13-14H,5-6H2,1-4H3. The highest BCUT2D eigenvalue weighted by atomic mass is 32.2. The number of sulfonamides is 1. The van der Waals surface area contributed by atoms with Crippen LogP contribution in [0.1, 0.15) is 11.1 Å². The van der Waals surface area contributed by atoms with Gasteiger partial charge in [-0.05, 0) is 38.1 Å². The van der Waals surface area contributed by atoms with Crippen LogP contribution in [0.25, 0.3) is 0 Å². The first-order valence-electron chi connectivity index (χ1n) is 5.72. The molecular weight excluding hydrogens is 252 g/mol. The largest absolute Gasteiger partial charge is 0.495 e. The van der Waals surface area contributed by atoms with Crippen molar-refractivity contribution in [2.24, 2.45) is 0 Å². The maximum absolute atomic E-state index is 12.2. The van der Waals surface area contributed by atoms with Crippen LogP contribution in [0, 0.1) is 13.8 Å². The molecule has 0 aromatic heterocycles.